The van der Waals surface area contributed by atoms with E-state index in [1.807, 2.05) is 0 Å². The maximum atomic E-state index is 12.2. The third-order valence-corrected chi connectivity index (χ3v) is 5.05. The number of nitrogens with zero attached hydrogens (tertiary/aromatic N) is 1. The summed E-state index contributed by atoms with van der Waals surface area (Å²) in [6.07, 6.45) is 2.58. The summed E-state index contributed by atoms with van der Waals surface area (Å²) < 4.78 is 5.48. The number of ether oxygens (including phenoxy) is 1. The molecule has 0 spiro atoms. The second kappa shape index (κ2) is 7.53. The molecule has 1 amide bonds. The fourth-order valence-electron chi connectivity index (χ4n) is 2.67. The maximum Gasteiger partial charge on any atom is 0.260 e. The minimum Gasteiger partial charge on any atom is -0.482 e. The number of rotatable bonds is 5. The molecule has 1 aliphatic rings. The Hall–Kier alpha value is -0.970. The number of halogens is 2. The number of aliphatic hydroxyl groups is 1. The first-order chi connectivity index (χ1) is 10.5. The standard InChI is InChI=1S/C16H21Cl2NO3/c1-2-16(11-20)5-7-19(8-6-16)15(21)10-22-14-9-12(17)3-4-13(14)18/h3-4,9,20H,2,5-8,10-11H2,1H3. The largest absolute Gasteiger partial charge is 0.482 e. The molecule has 0 atom stereocenters. The molecule has 0 radical (unpaired) electrons. The molecule has 0 saturated carbocycles. The molecule has 1 aromatic carbocycles. The van der Waals surface area contributed by atoms with Crippen molar-refractivity contribution in [2.24, 2.45) is 5.41 Å². The molecule has 1 fully saturated rings. The summed E-state index contributed by atoms with van der Waals surface area (Å²) in [5.41, 5.74) is -0.0338. The van der Waals surface area contributed by atoms with Crippen LogP contribution in [0.15, 0.2) is 18.2 Å². The van der Waals surface area contributed by atoms with Gasteiger partial charge in [-0.3, -0.25) is 4.79 Å². The zero-order chi connectivity index (χ0) is 16.2. The van der Waals surface area contributed by atoms with E-state index in [0.717, 1.165) is 19.3 Å². The van der Waals surface area contributed by atoms with E-state index in [1.54, 1.807) is 23.1 Å². The average Bonchev–Trinajstić information content (AvgIpc) is 2.55. The van der Waals surface area contributed by atoms with Crippen molar-refractivity contribution in [2.75, 3.05) is 26.3 Å². The number of likely N-dealkylation sites (tertiary alicyclic amines) is 1. The van der Waals surface area contributed by atoms with Crippen LogP contribution in [0, 0.1) is 5.41 Å². The Morgan fingerprint density at radius 2 is 2.05 bits per heavy atom. The molecule has 0 aromatic heterocycles. The van der Waals surface area contributed by atoms with Gasteiger partial charge in [0, 0.05) is 30.8 Å². The van der Waals surface area contributed by atoms with Gasteiger partial charge in [0.2, 0.25) is 0 Å². The third-order valence-electron chi connectivity index (χ3n) is 4.51. The first-order valence-electron chi connectivity index (χ1n) is 7.46. The van der Waals surface area contributed by atoms with Crippen molar-refractivity contribution < 1.29 is 14.6 Å². The van der Waals surface area contributed by atoms with Crippen LogP contribution in [0.5, 0.6) is 5.75 Å². The summed E-state index contributed by atoms with van der Waals surface area (Å²) in [5, 5.41) is 10.5. The number of piperidine rings is 1. The Balaban J connectivity index is 1.87. The average molecular weight is 346 g/mol. The van der Waals surface area contributed by atoms with Gasteiger partial charge in [-0.15, -0.1) is 0 Å². The van der Waals surface area contributed by atoms with Gasteiger partial charge < -0.3 is 14.7 Å². The van der Waals surface area contributed by atoms with Crippen LogP contribution in [-0.2, 0) is 4.79 Å². The van der Waals surface area contributed by atoms with Crippen molar-refractivity contribution in [3.05, 3.63) is 28.2 Å². The van der Waals surface area contributed by atoms with Crippen LogP contribution in [0.25, 0.3) is 0 Å². The van der Waals surface area contributed by atoms with E-state index < -0.39 is 0 Å². The van der Waals surface area contributed by atoms with Crippen molar-refractivity contribution in [3.63, 3.8) is 0 Å². The topological polar surface area (TPSA) is 49.8 Å². The second-order valence-corrected chi connectivity index (χ2v) is 6.60. The minimum atomic E-state index is -0.0707. The molecule has 1 N–H and O–H groups in total. The highest BCUT2D eigenvalue weighted by atomic mass is 35.5. The van der Waals surface area contributed by atoms with E-state index in [0.29, 0.717) is 28.9 Å². The number of hydrogen-bond acceptors (Lipinski definition) is 3. The first-order valence-corrected chi connectivity index (χ1v) is 8.22. The van der Waals surface area contributed by atoms with Crippen molar-refractivity contribution in [3.8, 4) is 5.75 Å². The second-order valence-electron chi connectivity index (χ2n) is 5.76. The van der Waals surface area contributed by atoms with E-state index in [9.17, 15) is 9.90 Å². The lowest BCUT2D eigenvalue weighted by atomic mass is 9.77. The highest BCUT2D eigenvalue weighted by Gasteiger charge is 2.33. The monoisotopic (exact) mass is 345 g/mol. The minimum absolute atomic E-state index is 0.0338. The molecule has 1 heterocycles. The molecule has 0 bridgehead atoms. The van der Waals surface area contributed by atoms with E-state index in [2.05, 4.69) is 6.92 Å². The van der Waals surface area contributed by atoms with Gasteiger partial charge >= 0.3 is 0 Å². The van der Waals surface area contributed by atoms with Crippen molar-refractivity contribution in [1.82, 2.24) is 4.90 Å². The normalized spacial score (nSPS) is 17.4. The van der Waals surface area contributed by atoms with E-state index in [1.165, 1.54) is 0 Å². The van der Waals surface area contributed by atoms with Crippen LogP contribution in [0.2, 0.25) is 10.0 Å². The Labute approximate surface area is 141 Å². The summed E-state index contributed by atoms with van der Waals surface area (Å²) >= 11 is 11.9. The number of benzene rings is 1. The van der Waals surface area contributed by atoms with Crippen molar-refractivity contribution >= 4 is 29.1 Å². The van der Waals surface area contributed by atoms with Gasteiger partial charge in [-0.1, -0.05) is 30.1 Å². The summed E-state index contributed by atoms with van der Waals surface area (Å²) in [5.74, 6) is 0.344. The summed E-state index contributed by atoms with van der Waals surface area (Å²) in [4.78, 5) is 14.0. The quantitative estimate of drug-likeness (QED) is 0.889. The van der Waals surface area contributed by atoms with Crippen LogP contribution < -0.4 is 4.74 Å². The zero-order valence-electron chi connectivity index (χ0n) is 12.6. The van der Waals surface area contributed by atoms with Gasteiger partial charge in [0.05, 0.1) is 5.02 Å². The molecule has 22 heavy (non-hydrogen) atoms. The number of hydrogen-bond donors (Lipinski definition) is 1. The van der Waals surface area contributed by atoms with Crippen LogP contribution >= 0.6 is 23.2 Å². The van der Waals surface area contributed by atoms with E-state index >= 15 is 0 Å². The number of carbonyl (C=O) groups is 1. The van der Waals surface area contributed by atoms with Crippen LogP contribution in [0.1, 0.15) is 26.2 Å². The molecule has 1 saturated heterocycles. The number of amides is 1. The van der Waals surface area contributed by atoms with Crippen LogP contribution in [-0.4, -0.2) is 42.2 Å². The fourth-order valence-corrected chi connectivity index (χ4v) is 3.01. The smallest absolute Gasteiger partial charge is 0.260 e. The lowest BCUT2D eigenvalue weighted by Gasteiger charge is -2.40. The predicted octanol–water partition coefficient (Wildman–Crippen LogP) is 3.38. The Kier molecular flexibility index (Phi) is 5.95. The molecular weight excluding hydrogens is 325 g/mol. The summed E-state index contributed by atoms with van der Waals surface area (Å²) in [7, 11) is 0. The molecular formula is C16H21Cl2NO3. The Morgan fingerprint density at radius 3 is 2.64 bits per heavy atom. The van der Waals surface area contributed by atoms with Crippen molar-refractivity contribution in [1.29, 1.82) is 0 Å². The molecule has 1 aromatic rings. The van der Waals surface area contributed by atoms with Gasteiger partial charge in [-0.05, 0) is 36.8 Å². The highest BCUT2D eigenvalue weighted by Crippen LogP contribution is 2.34. The molecule has 2 rings (SSSR count). The molecule has 0 aliphatic carbocycles. The van der Waals surface area contributed by atoms with Gasteiger partial charge in [0.25, 0.3) is 5.91 Å². The predicted molar refractivity (Wildman–Crippen MR) is 87.6 cm³/mol. The molecule has 6 heteroatoms. The number of carbonyl (C=O) groups excluding carboxylic acids is 1. The summed E-state index contributed by atoms with van der Waals surface area (Å²) in [6.45, 7) is 3.51. The maximum absolute atomic E-state index is 12.2. The molecule has 0 unspecified atom stereocenters. The highest BCUT2D eigenvalue weighted by molar-refractivity contribution is 6.34. The van der Waals surface area contributed by atoms with Gasteiger partial charge in [-0.2, -0.15) is 0 Å². The lowest BCUT2D eigenvalue weighted by Crippen LogP contribution is -2.46. The van der Waals surface area contributed by atoms with Crippen LogP contribution in [0.4, 0.5) is 0 Å². The molecule has 4 nitrogen and oxygen atoms in total. The lowest BCUT2D eigenvalue weighted by molar-refractivity contribution is -0.136. The van der Waals surface area contributed by atoms with E-state index in [4.69, 9.17) is 27.9 Å². The Morgan fingerprint density at radius 1 is 1.36 bits per heavy atom. The van der Waals surface area contributed by atoms with Crippen molar-refractivity contribution in [2.45, 2.75) is 26.2 Å². The SMILES string of the molecule is CCC1(CO)CCN(C(=O)COc2cc(Cl)ccc2Cl)CC1. The van der Waals surface area contributed by atoms with Crippen LogP contribution in [0.3, 0.4) is 0 Å². The van der Waals surface area contributed by atoms with E-state index in [-0.39, 0.29) is 24.5 Å². The molecule has 122 valence electrons. The zero-order valence-corrected chi connectivity index (χ0v) is 14.2. The first kappa shape index (κ1) is 17.4. The number of aliphatic hydroxyl groups excluding tert-OH is 1. The van der Waals surface area contributed by atoms with Gasteiger partial charge in [0.1, 0.15) is 5.75 Å². The molecule has 1 aliphatic heterocycles. The summed E-state index contributed by atoms with van der Waals surface area (Å²) in [6, 6.07) is 4.91. The van der Waals surface area contributed by atoms with Gasteiger partial charge in [-0.25, -0.2) is 0 Å². The Bertz CT molecular complexity index is 522. The van der Waals surface area contributed by atoms with Gasteiger partial charge in [0.15, 0.2) is 6.61 Å². The third kappa shape index (κ3) is 4.06. The fraction of sp³-hybridized carbons (Fsp3) is 0.562.